The van der Waals surface area contributed by atoms with E-state index in [0.29, 0.717) is 18.7 Å². The van der Waals surface area contributed by atoms with Crippen molar-refractivity contribution in [1.82, 2.24) is 24.5 Å². The highest BCUT2D eigenvalue weighted by molar-refractivity contribution is 6.03. The average molecular weight is 528 g/mol. The number of amides is 2. The number of nitrogen functional groups attached to an aromatic ring is 1. The van der Waals surface area contributed by atoms with Crippen LogP contribution >= 0.6 is 0 Å². The van der Waals surface area contributed by atoms with Crippen molar-refractivity contribution in [3.05, 3.63) is 53.4 Å². The number of hydrogen-bond donors (Lipinski definition) is 2. The van der Waals surface area contributed by atoms with Gasteiger partial charge in [-0.2, -0.15) is 10.2 Å². The second kappa shape index (κ2) is 9.10. The highest BCUT2D eigenvalue weighted by atomic mass is 19.2. The number of carbonyl (C=O) groups excluding carboxylic acids is 2. The SMILES string of the molecule is CC(C)(C)OC(=O)N1CCC2(CC(n3nc(-c4cnn(Cc5cccc(F)c5F)c4)c(C(N)=O)c3N)C2)C1. The van der Waals surface area contributed by atoms with Crippen LogP contribution in [0, 0.1) is 17.0 Å². The van der Waals surface area contributed by atoms with Gasteiger partial charge in [-0.25, -0.2) is 18.3 Å². The third kappa shape index (κ3) is 4.70. The molecule has 38 heavy (non-hydrogen) atoms. The molecule has 202 valence electrons. The lowest BCUT2D eigenvalue weighted by Crippen LogP contribution is -2.43. The van der Waals surface area contributed by atoms with Gasteiger partial charge >= 0.3 is 6.09 Å². The zero-order valence-corrected chi connectivity index (χ0v) is 21.6. The topological polar surface area (TPSA) is 134 Å². The summed E-state index contributed by atoms with van der Waals surface area (Å²) in [6.45, 7) is 6.73. The van der Waals surface area contributed by atoms with Crippen molar-refractivity contribution < 1.29 is 23.1 Å². The Kier molecular flexibility index (Phi) is 6.15. The number of aromatic nitrogens is 4. The second-order valence-electron chi connectivity index (χ2n) is 11.3. The van der Waals surface area contributed by atoms with Crippen LogP contribution in [0.15, 0.2) is 30.6 Å². The van der Waals surface area contributed by atoms with Crippen molar-refractivity contribution in [2.24, 2.45) is 11.1 Å². The van der Waals surface area contributed by atoms with Crippen LogP contribution in [0.4, 0.5) is 19.4 Å². The van der Waals surface area contributed by atoms with E-state index in [1.807, 2.05) is 20.8 Å². The first kappa shape index (κ1) is 25.7. The minimum atomic E-state index is -0.938. The summed E-state index contributed by atoms with van der Waals surface area (Å²) in [6.07, 6.45) is 5.09. The monoisotopic (exact) mass is 527 g/mol. The zero-order valence-electron chi connectivity index (χ0n) is 21.6. The van der Waals surface area contributed by atoms with E-state index in [1.54, 1.807) is 15.8 Å². The number of nitrogens with two attached hydrogens (primary N) is 2. The van der Waals surface area contributed by atoms with Crippen LogP contribution in [-0.2, 0) is 11.3 Å². The Bertz CT molecular complexity index is 1400. The van der Waals surface area contributed by atoms with E-state index in [-0.39, 0.29) is 46.7 Å². The first-order valence-electron chi connectivity index (χ1n) is 12.5. The number of hydrogen-bond acceptors (Lipinski definition) is 6. The Morgan fingerprint density at radius 1 is 1.24 bits per heavy atom. The largest absolute Gasteiger partial charge is 0.444 e. The second-order valence-corrected chi connectivity index (χ2v) is 11.3. The Morgan fingerprint density at radius 3 is 2.66 bits per heavy atom. The lowest BCUT2D eigenvalue weighted by Gasteiger charge is -2.45. The molecule has 2 aromatic heterocycles. The first-order chi connectivity index (χ1) is 17.9. The summed E-state index contributed by atoms with van der Waals surface area (Å²) in [5.41, 5.74) is 12.4. The fourth-order valence-electron chi connectivity index (χ4n) is 5.45. The number of carbonyl (C=O) groups is 2. The smallest absolute Gasteiger partial charge is 0.410 e. The number of anilines is 1. The van der Waals surface area contributed by atoms with Gasteiger partial charge < -0.3 is 21.1 Å². The number of nitrogens with zero attached hydrogens (tertiary/aromatic N) is 5. The molecule has 1 spiro atoms. The van der Waals surface area contributed by atoms with Gasteiger partial charge in [-0.05, 0) is 51.5 Å². The summed E-state index contributed by atoms with van der Waals surface area (Å²) < 4.78 is 36.3. The first-order valence-corrected chi connectivity index (χ1v) is 12.5. The van der Waals surface area contributed by atoms with Crippen LogP contribution < -0.4 is 11.5 Å². The standard InChI is InChI=1S/C26H31F2N7O3/c1-25(2,3)38-24(37)33-8-7-26(14-33)9-17(10-26)35-22(29)19(23(30)36)21(32-35)16-11-31-34(13-16)12-15-5-4-6-18(27)20(15)28/h4-6,11,13,17H,7-10,12,14,29H2,1-3H3,(H2,30,36). The lowest BCUT2D eigenvalue weighted by atomic mass is 9.65. The van der Waals surface area contributed by atoms with Gasteiger partial charge in [0.05, 0.1) is 18.8 Å². The summed E-state index contributed by atoms with van der Waals surface area (Å²) in [6, 6.07) is 3.89. The summed E-state index contributed by atoms with van der Waals surface area (Å²) in [4.78, 5) is 26.6. The highest BCUT2D eigenvalue weighted by Gasteiger charge is 2.51. The number of likely N-dealkylation sites (tertiary alicyclic amines) is 1. The molecule has 1 saturated heterocycles. The van der Waals surface area contributed by atoms with Gasteiger partial charge in [0.2, 0.25) is 0 Å². The van der Waals surface area contributed by atoms with E-state index in [4.69, 9.17) is 16.2 Å². The molecule has 12 heteroatoms. The summed E-state index contributed by atoms with van der Waals surface area (Å²) in [5.74, 6) is -2.43. The fraction of sp³-hybridized carbons (Fsp3) is 0.462. The number of primary amides is 1. The summed E-state index contributed by atoms with van der Waals surface area (Å²) in [7, 11) is 0. The molecule has 3 heterocycles. The van der Waals surface area contributed by atoms with Crippen LogP contribution in [0.5, 0.6) is 0 Å². The molecule has 1 aromatic carbocycles. The van der Waals surface area contributed by atoms with Crippen LogP contribution in [0.2, 0.25) is 0 Å². The van der Waals surface area contributed by atoms with E-state index >= 15 is 0 Å². The molecule has 0 radical (unpaired) electrons. The Hall–Kier alpha value is -3.96. The van der Waals surface area contributed by atoms with Crippen molar-refractivity contribution in [2.45, 2.75) is 58.2 Å². The van der Waals surface area contributed by atoms with Gasteiger partial charge in [-0.15, -0.1) is 0 Å². The number of halogens is 2. The van der Waals surface area contributed by atoms with E-state index in [9.17, 15) is 18.4 Å². The molecule has 5 rings (SSSR count). The maximum atomic E-state index is 14.1. The summed E-state index contributed by atoms with van der Waals surface area (Å²) in [5, 5.41) is 8.85. The minimum Gasteiger partial charge on any atom is -0.444 e. The molecule has 2 amide bonds. The molecule has 0 atom stereocenters. The molecular formula is C26H31F2N7O3. The van der Waals surface area contributed by atoms with Gasteiger partial charge in [-0.1, -0.05) is 12.1 Å². The Balaban J connectivity index is 1.33. The maximum Gasteiger partial charge on any atom is 0.410 e. The van der Waals surface area contributed by atoms with Crippen molar-refractivity contribution in [1.29, 1.82) is 0 Å². The van der Waals surface area contributed by atoms with Gasteiger partial charge in [0.15, 0.2) is 11.6 Å². The van der Waals surface area contributed by atoms with E-state index in [0.717, 1.165) is 25.3 Å². The highest BCUT2D eigenvalue weighted by Crippen LogP contribution is 2.55. The molecule has 2 aliphatic rings. The van der Waals surface area contributed by atoms with Crippen LogP contribution in [0.1, 0.15) is 62.0 Å². The van der Waals surface area contributed by atoms with Crippen molar-refractivity contribution in [3.8, 4) is 11.3 Å². The van der Waals surface area contributed by atoms with E-state index in [2.05, 4.69) is 10.2 Å². The lowest BCUT2D eigenvalue weighted by molar-refractivity contribution is 0.0187. The molecule has 3 aromatic rings. The van der Waals surface area contributed by atoms with Gasteiger partial charge in [0, 0.05) is 30.4 Å². The van der Waals surface area contributed by atoms with Crippen LogP contribution in [-0.4, -0.2) is 55.2 Å². The van der Waals surface area contributed by atoms with Crippen LogP contribution in [0.25, 0.3) is 11.3 Å². The van der Waals surface area contributed by atoms with Crippen LogP contribution in [0.3, 0.4) is 0 Å². The molecule has 0 unspecified atom stereocenters. The molecule has 1 saturated carbocycles. The Morgan fingerprint density at radius 2 is 1.97 bits per heavy atom. The minimum absolute atomic E-state index is 0.00895. The fourth-order valence-corrected chi connectivity index (χ4v) is 5.45. The third-order valence-corrected chi connectivity index (χ3v) is 7.24. The molecule has 10 nitrogen and oxygen atoms in total. The average Bonchev–Trinajstić information content (AvgIpc) is 3.52. The predicted octanol–water partition coefficient (Wildman–Crippen LogP) is 3.72. The van der Waals surface area contributed by atoms with Gasteiger partial charge in [0.25, 0.3) is 5.91 Å². The molecule has 1 aliphatic heterocycles. The molecule has 2 fully saturated rings. The quantitative estimate of drug-likeness (QED) is 0.519. The van der Waals surface area contributed by atoms with Crippen molar-refractivity contribution >= 4 is 17.8 Å². The van der Waals surface area contributed by atoms with E-state index in [1.165, 1.54) is 23.0 Å². The predicted molar refractivity (Wildman–Crippen MR) is 135 cm³/mol. The van der Waals surface area contributed by atoms with E-state index < -0.39 is 23.1 Å². The number of rotatable bonds is 5. The summed E-state index contributed by atoms with van der Waals surface area (Å²) >= 11 is 0. The zero-order chi connectivity index (χ0) is 27.4. The van der Waals surface area contributed by atoms with Crippen molar-refractivity contribution in [2.75, 3.05) is 18.8 Å². The normalized spacial score (nSPS) is 21.1. The molecule has 4 N–H and O–H groups in total. The number of benzene rings is 1. The molecule has 1 aliphatic carbocycles. The van der Waals surface area contributed by atoms with Crippen molar-refractivity contribution in [3.63, 3.8) is 0 Å². The van der Waals surface area contributed by atoms with Gasteiger partial charge in [-0.3, -0.25) is 9.48 Å². The molecule has 0 bridgehead atoms. The van der Waals surface area contributed by atoms with Gasteiger partial charge in [0.1, 0.15) is 22.7 Å². The molecular weight excluding hydrogens is 496 g/mol. The third-order valence-electron chi connectivity index (χ3n) is 7.24. The maximum absolute atomic E-state index is 14.1. The number of ether oxygens (including phenoxy) is 1. The Labute approximate surface area is 218 Å².